The van der Waals surface area contributed by atoms with Gasteiger partial charge in [-0.25, -0.2) is 9.78 Å². The lowest BCUT2D eigenvalue weighted by Crippen LogP contribution is -2.39. The summed E-state index contributed by atoms with van der Waals surface area (Å²) in [6, 6.07) is 10.8. The Hall–Kier alpha value is -2.74. The molecule has 0 aliphatic carbocycles. The van der Waals surface area contributed by atoms with Crippen LogP contribution in [0.15, 0.2) is 42.6 Å². The fourth-order valence-corrected chi connectivity index (χ4v) is 4.08. The van der Waals surface area contributed by atoms with Gasteiger partial charge in [0.25, 0.3) is 0 Å². The van der Waals surface area contributed by atoms with Crippen molar-refractivity contribution in [3.05, 3.63) is 53.7 Å². The van der Waals surface area contributed by atoms with Gasteiger partial charge in [0, 0.05) is 36.3 Å². The summed E-state index contributed by atoms with van der Waals surface area (Å²) >= 11 is 1.89. The first-order chi connectivity index (χ1) is 14.0. The maximum atomic E-state index is 12.3. The molecule has 0 saturated carbocycles. The fraction of sp³-hybridized carbons (Fsp3) is 0.381. The minimum atomic E-state index is -0.352. The predicted molar refractivity (Wildman–Crippen MR) is 121 cm³/mol. The Bertz CT molecular complexity index is 852. The van der Waals surface area contributed by atoms with Crippen LogP contribution in [0, 0.1) is 5.41 Å². The molecule has 5 N–H and O–H groups in total. The Kier molecular flexibility index (Phi) is 6.98. The average Bonchev–Trinajstić information content (AvgIpc) is 2.74. The lowest BCUT2D eigenvalue weighted by molar-refractivity contribution is 0.249. The molecular weight excluding hydrogens is 384 g/mol. The molecule has 1 atom stereocenters. The molecule has 2 aromatic rings. The van der Waals surface area contributed by atoms with Crippen LogP contribution in [0.2, 0.25) is 0 Å². The van der Waals surface area contributed by atoms with Crippen molar-refractivity contribution < 1.29 is 4.79 Å². The number of benzene rings is 1. The first-order valence-corrected chi connectivity index (χ1v) is 11.0. The fourth-order valence-electron chi connectivity index (χ4n) is 3.40. The topological polar surface area (TPSA) is 107 Å². The zero-order valence-corrected chi connectivity index (χ0v) is 17.6. The number of amides is 2. The smallest absolute Gasteiger partial charge is 0.320 e. The zero-order chi connectivity index (χ0) is 20.8. The number of rotatable bonds is 5. The summed E-state index contributed by atoms with van der Waals surface area (Å²) in [6.07, 6.45) is 5.83. The van der Waals surface area contributed by atoms with Crippen LogP contribution in [0.3, 0.4) is 0 Å². The van der Waals surface area contributed by atoms with Gasteiger partial charge in [0.05, 0.1) is 11.6 Å². The summed E-state index contributed by atoms with van der Waals surface area (Å²) in [5.74, 6) is 0.751. The number of likely N-dealkylation sites (tertiary alicyclic amines) is 1. The van der Waals surface area contributed by atoms with Crippen molar-refractivity contribution in [1.82, 2.24) is 15.2 Å². The number of nitrogens with two attached hydrogens (primary N) is 1. The van der Waals surface area contributed by atoms with Crippen LogP contribution in [0.4, 0.5) is 16.3 Å². The summed E-state index contributed by atoms with van der Waals surface area (Å²) in [7, 11) is 0. The van der Waals surface area contributed by atoms with Gasteiger partial charge >= 0.3 is 6.03 Å². The molecule has 1 saturated heterocycles. The minimum absolute atomic E-state index is 0.134. The zero-order valence-electron chi connectivity index (χ0n) is 16.8. The highest BCUT2D eigenvalue weighted by Crippen LogP contribution is 2.24. The highest BCUT2D eigenvalue weighted by atomic mass is 32.2. The van der Waals surface area contributed by atoms with Gasteiger partial charge in [0.2, 0.25) is 0 Å². The molecule has 8 heteroatoms. The molecule has 154 valence electrons. The van der Waals surface area contributed by atoms with Crippen molar-refractivity contribution in [3.63, 3.8) is 0 Å². The third-order valence-electron chi connectivity index (χ3n) is 5.17. The Labute approximate surface area is 176 Å². The number of nitrogens with one attached hydrogen (secondary N) is 3. The number of amidine groups is 1. The van der Waals surface area contributed by atoms with Crippen LogP contribution < -0.4 is 16.4 Å². The van der Waals surface area contributed by atoms with E-state index in [0.717, 1.165) is 31.5 Å². The van der Waals surface area contributed by atoms with E-state index in [1.165, 1.54) is 0 Å². The third kappa shape index (κ3) is 5.41. The van der Waals surface area contributed by atoms with E-state index in [1.54, 1.807) is 12.3 Å². The first-order valence-electron chi connectivity index (χ1n) is 9.72. The standard InChI is InChI=1S/C21H28N6OS/c1-14(15-6-4-3-5-7-15)25-21(28)26-19-12-18(22)17(13-24-19)20(23)27-10-8-16(29-2)9-11-27/h3-7,12-14,16,23H,8-11H2,1-2H3,(H4,22,24,25,26,28)/t14-/m1/s1. The summed E-state index contributed by atoms with van der Waals surface area (Å²) in [5.41, 5.74) is 8.21. The van der Waals surface area contributed by atoms with Gasteiger partial charge in [-0.2, -0.15) is 11.8 Å². The molecule has 7 nitrogen and oxygen atoms in total. The highest BCUT2D eigenvalue weighted by Gasteiger charge is 2.22. The Morgan fingerprint density at radius 2 is 2.00 bits per heavy atom. The van der Waals surface area contributed by atoms with E-state index in [2.05, 4.69) is 21.9 Å². The summed E-state index contributed by atoms with van der Waals surface area (Å²) in [5, 5.41) is 14.7. The first kappa shape index (κ1) is 21.0. The highest BCUT2D eigenvalue weighted by molar-refractivity contribution is 7.99. The SMILES string of the molecule is CSC1CCN(C(=N)c2cnc(NC(=O)N[C@H](C)c3ccccc3)cc2N)CC1. The van der Waals surface area contributed by atoms with Crippen LogP contribution in [0.1, 0.15) is 36.9 Å². The van der Waals surface area contributed by atoms with Gasteiger partial charge in [0.1, 0.15) is 11.7 Å². The quantitative estimate of drug-likeness (QED) is 0.442. The molecule has 1 aliphatic heterocycles. The number of nitrogens with zero attached hydrogens (tertiary/aromatic N) is 2. The number of thioether (sulfide) groups is 1. The van der Waals surface area contributed by atoms with Gasteiger partial charge in [-0.3, -0.25) is 10.7 Å². The molecule has 1 fully saturated rings. The second kappa shape index (κ2) is 9.65. The van der Waals surface area contributed by atoms with Crippen molar-refractivity contribution in [2.75, 3.05) is 30.4 Å². The van der Waals surface area contributed by atoms with Gasteiger partial charge < -0.3 is 16.0 Å². The van der Waals surface area contributed by atoms with E-state index >= 15 is 0 Å². The van der Waals surface area contributed by atoms with E-state index in [9.17, 15) is 4.79 Å². The van der Waals surface area contributed by atoms with Gasteiger partial charge in [-0.15, -0.1) is 0 Å². The number of hydrogen-bond acceptors (Lipinski definition) is 5. The number of aromatic nitrogens is 1. The average molecular weight is 413 g/mol. The van der Waals surface area contributed by atoms with Crippen LogP contribution in [0.5, 0.6) is 0 Å². The molecule has 2 heterocycles. The Balaban J connectivity index is 1.59. The molecule has 2 amide bonds. The lowest BCUT2D eigenvalue weighted by Gasteiger charge is -2.33. The molecule has 0 radical (unpaired) electrons. The minimum Gasteiger partial charge on any atom is -0.398 e. The number of urea groups is 1. The molecule has 1 aromatic heterocycles. The van der Waals surface area contributed by atoms with Crippen molar-refractivity contribution in [3.8, 4) is 0 Å². The van der Waals surface area contributed by atoms with Crippen molar-refractivity contribution in [1.29, 1.82) is 5.41 Å². The summed E-state index contributed by atoms with van der Waals surface area (Å²) < 4.78 is 0. The van der Waals surface area contributed by atoms with Crippen molar-refractivity contribution in [2.45, 2.75) is 31.1 Å². The molecule has 0 unspecified atom stereocenters. The number of nitrogen functional groups attached to an aromatic ring is 1. The third-order valence-corrected chi connectivity index (χ3v) is 6.31. The Morgan fingerprint density at radius 1 is 1.31 bits per heavy atom. The monoisotopic (exact) mass is 412 g/mol. The van der Waals surface area contributed by atoms with E-state index in [-0.39, 0.29) is 12.1 Å². The molecule has 1 aromatic carbocycles. The maximum Gasteiger partial charge on any atom is 0.320 e. The molecule has 0 spiro atoms. The predicted octanol–water partition coefficient (Wildman–Crippen LogP) is 3.70. The van der Waals surface area contributed by atoms with Crippen LogP contribution in [-0.4, -0.2) is 46.3 Å². The Morgan fingerprint density at radius 3 is 2.62 bits per heavy atom. The van der Waals surface area contributed by atoms with E-state index in [1.807, 2.05) is 53.9 Å². The molecule has 3 rings (SSSR count). The number of anilines is 2. The molecular formula is C21H28N6OS. The van der Waals surface area contributed by atoms with E-state index < -0.39 is 0 Å². The summed E-state index contributed by atoms with van der Waals surface area (Å²) in [4.78, 5) is 18.6. The largest absolute Gasteiger partial charge is 0.398 e. The van der Waals surface area contributed by atoms with Crippen molar-refractivity contribution >= 4 is 35.1 Å². The second-order valence-corrected chi connectivity index (χ2v) is 8.30. The van der Waals surface area contributed by atoms with Gasteiger partial charge in [0.15, 0.2) is 0 Å². The molecule has 0 bridgehead atoms. The van der Waals surface area contributed by atoms with Crippen LogP contribution >= 0.6 is 11.8 Å². The summed E-state index contributed by atoms with van der Waals surface area (Å²) in [6.45, 7) is 3.62. The second-order valence-electron chi connectivity index (χ2n) is 7.16. The number of pyridine rings is 1. The maximum absolute atomic E-state index is 12.3. The number of carbonyl (C=O) groups is 1. The van der Waals surface area contributed by atoms with Gasteiger partial charge in [-0.05, 0) is 31.6 Å². The number of hydrogen-bond donors (Lipinski definition) is 4. The number of carbonyl (C=O) groups excluding carboxylic acids is 1. The van der Waals surface area contributed by atoms with Crippen LogP contribution in [-0.2, 0) is 0 Å². The van der Waals surface area contributed by atoms with Crippen LogP contribution in [0.25, 0.3) is 0 Å². The molecule has 1 aliphatic rings. The van der Waals surface area contributed by atoms with E-state index in [0.29, 0.717) is 28.2 Å². The van der Waals surface area contributed by atoms with Crippen molar-refractivity contribution in [2.24, 2.45) is 0 Å². The van der Waals surface area contributed by atoms with E-state index in [4.69, 9.17) is 11.1 Å². The number of piperidine rings is 1. The normalized spacial score (nSPS) is 15.6. The lowest BCUT2D eigenvalue weighted by atomic mass is 10.1. The molecule has 29 heavy (non-hydrogen) atoms. The van der Waals surface area contributed by atoms with Gasteiger partial charge in [-0.1, -0.05) is 30.3 Å².